The summed E-state index contributed by atoms with van der Waals surface area (Å²) in [5.74, 6) is 1.46. The molecule has 2 rings (SSSR count). The number of alkyl halides is 1. The molecule has 1 aliphatic heterocycles. The lowest BCUT2D eigenvalue weighted by Crippen LogP contribution is -2.27. The first kappa shape index (κ1) is 13.5. The first-order valence-electron chi connectivity index (χ1n) is 6.21. The van der Waals surface area contributed by atoms with Crippen LogP contribution in [0.3, 0.4) is 0 Å². The van der Waals surface area contributed by atoms with E-state index in [1.165, 1.54) is 0 Å². The molecule has 0 aromatic heterocycles. The van der Waals surface area contributed by atoms with Gasteiger partial charge in [0.2, 0.25) is 0 Å². The first-order valence-corrected chi connectivity index (χ1v) is 6.58. The number of rotatable bonds is 4. The Morgan fingerprint density at radius 1 is 1.50 bits per heavy atom. The molecule has 18 heavy (non-hydrogen) atoms. The fourth-order valence-corrected chi connectivity index (χ4v) is 1.98. The smallest absolute Gasteiger partial charge is 0.164 e. The van der Waals surface area contributed by atoms with Crippen LogP contribution in [0.2, 0.25) is 0 Å². The third kappa shape index (κ3) is 3.30. The van der Waals surface area contributed by atoms with Gasteiger partial charge in [0.1, 0.15) is 12.7 Å². The zero-order valence-corrected chi connectivity index (χ0v) is 11.5. The van der Waals surface area contributed by atoms with Crippen LogP contribution in [0.25, 0.3) is 0 Å². The summed E-state index contributed by atoms with van der Waals surface area (Å²) >= 11 is 6.12. The Morgan fingerprint density at radius 3 is 2.94 bits per heavy atom. The maximum absolute atomic E-state index is 9.18. The van der Waals surface area contributed by atoms with Crippen molar-refractivity contribution in [2.24, 2.45) is 0 Å². The van der Waals surface area contributed by atoms with Gasteiger partial charge in [0.15, 0.2) is 11.5 Å². The third-order valence-electron chi connectivity index (χ3n) is 2.86. The second kappa shape index (κ2) is 5.37. The summed E-state index contributed by atoms with van der Waals surface area (Å²) in [4.78, 5) is -0.409. The number of hydrogen-bond donors (Lipinski definition) is 1. The number of aryl methyl sites for hydroxylation is 1. The molecule has 1 unspecified atom stereocenters. The second-order valence-electron chi connectivity index (χ2n) is 5.21. The predicted octanol–water partition coefficient (Wildman–Crippen LogP) is 2.77. The van der Waals surface area contributed by atoms with E-state index in [1.807, 2.05) is 32.0 Å². The minimum absolute atomic E-state index is 0.0365. The van der Waals surface area contributed by atoms with E-state index in [2.05, 4.69) is 0 Å². The minimum Gasteiger partial charge on any atom is -0.488 e. The summed E-state index contributed by atoms with van der Waals surface area (Å²) in [6.07, 6.45) is 1.61. The van der Waals surface area contributed by atoms with Gasteiger partial charge in [-0.15, -0.1) is 11.6 Å². The van der Waals surface area contributed by atoms with E-state index >= 15 is 0 Å². The van der Waals surface area contributed by atoms with E-state index < -0.39 is 4.87 Å². The van der Waals surface area contributed by atoms with Crippen molar-refractivity contribution >= 4 is 11.6 Å². The van der Waals surface area contributed by atoms with Crippen LogP contribution in [-0.4, -0.2) is 29.3 Å². The average molecular weight is 271 g/mol. The molecule has 0 radical (unpaired) electrons. The van der Waals surface area contributed by atoms with Crippen LogP contribution in [0.5, 0.6) is 11.5 Å². The Hall–Kier alpha value is -0.930. The molecule has 4 heteroatoms. The molecule has 0 saturated carbocycles. The van der Waals surface area contributed by atoms with Crippen molar-refractivity contribution in [2.45, 2.75) is 37.7 Å². The van der Waals surface area contributed by atoms with E-state index in [4.69, 9.17) is 21.1 Å². The van der Waals surface area contributed by atoms with Gasteiger partial charge in [-0.05, 0) is 38.3 Å². The van der Waals surface area contributed by atoms with E-state index in [0.29, 0.717) is 12.4 Å². The van der Waals surface area contributed by atoms with Gasteiger partial charge >= 0.3 is 0 Å². The third-order valence-corrected chi connectivity index (χ3v) is 2.96. The molecule has 1 aromatic rings. The number of halogens is 1. The Morgan fingerprint density at radius 2 is 2.28 bits per heavy atom. The van der Waals surface area contributed by atoms with Gasteiger partial charge in [-0.2, -0.15) is 0 Å². The highest BCUT2D eigenvalue weighted by atomic mass is 35.5. The quantitative estimate of drug-likeness (QED) is 0.855. The Bertz CT molecular complexity index is 412. The van der Waals surface area contributed by atoms with Gasteiger partial charge < -0.3 is 14.6 Å². The lowest BCUT2D eigenvalue weighted by atomic mass is 10.0. The Balaban J connectivity index is 2.16. The number of benzene rings is 1. The normalized spacial score (nSPS) is 19.0. The molecule has 0 amide bonds. The van der Waals surface area contributed by atoms with Crippen LogP contribution in [0, 0.1) is 0 Å². The van der Waals surface area contributed by atoms with Crippen molar-refractivity contribution in [3.63, 3.8) is 0 Å². The molecule has 3 nitrogen and oxygen atoms in total. The number of fused-ring (bicyclic) bond motifs is 1. The zero-order chi connectivity index (χ0) is 13.2. The van der Waals surface area contributed by atoms with Crippen LogP contribution < -0.4 is 9.47 Å². The maximum atomic E-state index is 9.18. The highest BCUT2D eigenvalue weighted by Crippen LogP contribution is 2.37. The van der Waals surface area contributed by atoms with Gasteiger partial charge in [0.05, 0.1) is 11.5 Å². The second-order valence-corrected chi connectivity index (χ2v) is 6.24. The molecule has 1 N–H and O–H groups in total. The van der Waals surface area contributed by atoms with Crippen molar-refractivity contribution in [1.29, 1.82) is 0 Å². The predicted molar refractivity (Wildman–Crippen MR) is 71.7 cm³/mol. The molecule has 1 heterocycles. The van der Waals surface area contributed by atoms with Crippen molar-refractivity contribution in [2.75, 3.05) is 13.2 Å². The maximum Gasteiger partial charge on any atom is 0.164 e. The molecule has 100 valence electrons. The van der Waals surface area contributed by atoms with Gasteiger partial charge in [-0.25, -0.2) is 0 Å². The van der Waals surface area contributed by atoms with Crippen molar-refractivity contribution < 1.29 is 14.6 Å². The minimum atomic E-state index is -0.409. The number of para-hydroxylation sites is 1. The largest absolute Gasteiger partial charge is 0.488 e. The summed E-state index contributed by atoms with van der Waals surface area (Å²) in [7, 11) is 0. The molecule has 1 aromatic carbocycles. The standard InChI is InChI=1S/C14H19ClO3/c1-14(2,15)9-17-12-5-3-4-10-6-7-11(8-16)18-13(10)12/h3-5,11,16H,6-9H2,1-2H3. The number of ether oxygens (including phenoxy) is 2. The molecular formula is C14H19ClO3. The van der Waals surface area contributed by atoms with Crippen LogP contribution in [0.15, 0.2) is 18.2 Å². The van der Waals surface area contributed by atoms with Gasteiger partial charge in [-0.1, -0.05) is 12.1 Å². The van der Waals surface area contributed by atoms with Crippen molar-refractivity contribution in [1.82, 2.24) is 0 Å². The SMILES string of the molecule is CC(C)(Cl)COc1cccc2c1OC(CO)CC2. The first-order chi connectivity index (χ1) is 8.49. The fourth-order valence-electron chi connectivity index (χ4n) is 1.93. The van der Waals surface area contributed by atoms with Crippen LogP contribution >= 0.6 is 11.6 Å². The molecule has 0 fully saturated rings. The summed E-state index contributed by atoms with van der Waals surface area (Å²) < 4.78 is 11.5. The molecule has 1 atom stereocenters. The van der Waals surface area contributed by atoms with E-state index in [1.54, 1.807) is 0 Å². The van der Waals surface area contributed by atoms with Gasteiger partial charge in [0, 0.05) is 0 Å². The zero-order valence-electron chi connectivity index (χ0n) is 10.8. The summed E-state index contributed by atoms with van der Waals surface area (Å²) in [5, 5.41) is 9.18. The molecule has 0 saturated heterocycles. The lowest BCUT2D eigenvalue weighted by molar-refractivity contribution is 0.0929. The van der Waals surface area contributed by atoms with E-state index in [0.717, 1.165) is 24.2 Å². The van der Waals surface area contributed by atoms with E-state index in [9.17, 15) is 5.11 Å². The lowest BCUT2D eigenvalue weighted by Gasteiger charge is -2.27. The van der Waals surface area contributed by atoms with Crippen LogP contribution in [0.4, 0.5) is 0 Å². The summed E-state index contributed by atoms with van der Waals surface area (Å²) in [6, 6.07) is 5.86. The average Bonchev–Trinajstić information content (AvgIpc) is 2.34. The Kier molecular flexibility index (Phi) is 4.03. The Labute approximate surface area is 113 Å². The molecule has 0 spiro atoms. The number of aliphatic hydroxyl groups is 1. The van der Waals surface area contributed by atoms with Crippen LogP contribution in [0.1, 0.15) is 25.8 Å². The topological polar surface area (TPSA) is 38.7 Å². The van der Waals surface area contributed by atoms with Crippen LogP contribution in [-0.2, 0) is 6.42 Å². The fraction of sp³-hybridized carbons (Fsp3) is 0.571. The van der Waals surface area contributed by atoms with Crippen molar-refractivity contribution in [3.8, 4) is 11.5 Å². The monoisotopic (exact) mass is 270 g/mol. The molecular weight excluding hydrogens is 252 g/mol. The summed E-state index contributed by atoms with van der Waals surface area (Å²) in [6.45, 7) is 4.26. The highest BCUT2D eigenvalue weighted by molar-refractivity contribution is 6.23. The van der Waals surface area contributed by atoms with Gasteiger partial charge in [0.25, 0.3) is 0 Å². The highest BCUT2D eigenvalue weighted by Gasteiger charge is 2.23. The van der Waals surface area contributed by atoms with Gasteiger partial charge in [-0.3, -0.25) is 0 Å². The summed E-state index contributed by atoms with van der Waals surface area (Å²) in [5.41, 5.74) is 1.13. The molecule has 0 aliphatic carbocycles. The van der Waals surface area contributed by atoms with Crippen molar-refractivity contribution in [3.05, 3.63) is 23.8 Å². The van der Waals surface area contributed by atoms with E-state index in [-0.39, 0.29) is 12.7 Å². The molecule has 1 aliphatic rings. The molecule has 0 bridgehead atoms. The number of aliphatic hydroxyl groups excluding tert-OH is 1. The number of hydrogen-bond acceptors (Lipinski definition) is 3.